The number of thioether (sulfide) groups is 1. The van der Waals surface area contributed by atoms with Crippen molar-refractivity contribution in [2.24, 2.45) is 5.73 Å². The first kappa shape index (κ1) is 22.7. The van der Waals surface area contributed by atoms with Crippen LogP contribution in [-0.2, 0) is 9.59 Å². The zero-order valence-corrected chi connectivity index (χ0v) is 17.2. The van der Waals surface area contributed by atoms with Crippen LogP contribution in [0.25, 0.3) is 6.08 Å². The van der Waals surface area contributed by atoms with Crippen LogP contribution in [0, 0.1) is 0 Å². The van der Waals surface area contributed by atoms with Gasteiger partial charge in [-0.1, -0.05) is 37.3 Å². The molecule has 154 valence electrons. The average molecular weight is 414 g/mol. The molecule has 0 aliphatic heterocycles. The number of aliphatic hydroxyl groups excluding tert-OH is 1. The Bertz CT molecular complexity index is 810. The Kier molecular flexibility index (Phi) is 9.43. The first-order chi connectivity index (χ1) is 14.0. The molecule has 29 heavy (non-hydrogen) atoms. The van der Waals surface area contributed by atoms with Crippen LogP contribution in [0.15, 0.2) is 60.7 Å². The quantitative estimate of drug-likeness (QED) is 0.354. The summed E-state index contributed by atoms with van der Waals surface area (Å²) in [5, 5.41) is 15.5. The van der Waals surface area contributed by atoms with E-state index in [0.717, 1.165) is 17.1 Å². The maximum atomic E-state index is 12.1. The maximum absolute atomic E-state index is 12.1. The smallest absolute Gasteiger partial charge is 0.254 e. The van der Waals surface area contributed by atoms with Crippen molar-refractivity contribution in [2.75, 3.05) is 22.1 Å². The minimum atomic E-state index is -1.27. The highest BCUT2D eigenvalue weighted by Gasteiger charge is 2.22. The number of carbonyl (C=O) groups is 2. The molecule has 0 heterocycles. The van der Waals surface area contributed by atoms with E-state index in [2.05, 4.69) is 10.6 Å². The number of amides is 2. The Labute approximate surface area is 175 Å². The van der Waals surface area contributed by atoms with Crippen molar-refractivity contribution in [2.45, 2.75) is 25.5 Å². The van der Waals surface area contributed by atoms with Crippen molar-refractivity contribution in [3.63, 3.8) is 0 Å². The summed E-state index contributed by atoms with van der Waals surface area (Å²) in [7, 11) is 0. The second-order valence-electron chi connectivity index (χ2n) is 6.39. The minimum absolute atomic E-state index is 0.253. The van der Waals surface area contributed by atoms with Gasteiger partial charge in [0.25, 0.3) is 5.91 Å². The number of carbonyl (C=O) groups excluding carboxylic acids is 2. The van der Waals surface area contributed by atoms with Gasteiger partial charge in [-0.05, 0) is 53.8 Å². The van der Waals surface area contributed by atoms with E-state index >= 15 is 0 Å². The lowest BCUT2D eigenvalue weighted by Crippen LogP contribution is -2.43. The number of hydrogen-bond donors (Lipinski definition) is 4. The molecule has 0 bridgehead atoms. The largest absolute Gasteiger partial charge is 0.382 e. The standard InChI is InChI=1S/C22H27N3O3S/c1-2-29-15-14-19(23)21(27)22(28)25-18-11-9-17(10-12-18)24-20(26)13-8-16-6-4-3-5-7-16/h3-13,19,21,27H,2,14-15,23H2,1H3,(H,24,26)(H,25,28)/b13-8+/t19-,21+/m1/s1. The molecule has 2 aromatic carbocycles. The Morgan fingerprint density at radius 2 is 1.69 bits per heavy atom. The summed E-state index contributed by atoms with van der Waals surface area (Å²) in [6, 6.07) is 15.6. The fourth-order valence-corrected chi connectivity index (χ4v) is 3.22. The van der Waals surface area contributed by atoms with Crippen LogP contribution >= 0.6 is 11.8 Å². The Hall–Kier alpha value is -2.61. The van der Waals surface area contributed by atoms with Gasteiger partial charge in [0.1, 0.15) is 6.10 Å². The van der Waals surface area contributed by atoms with Gasteiger partial charge in [-0.15, -0.1) is 0 Å². The van der Waals surface area contributed by atoms with Gasteiger partial charge < -0.3 is 21.5 Å². The molecular weight excluding hydrogens is 386 g/mol. The molecule has 2 amide bonds. The van der Waals surface area contributed by atoms with Crippen molar-refractivity contribution in [1.82, 2.24) is 0 Å². The fraction of sp³-hybridized carbons (Fsp3) is 0.273. The predicted octanol–water partition coefficient (Wildman–Crippen LogP) is 3.11. The van der Waals surface area contributed by atoms with Gasteiger partial charge in [-0.3, -0.25) is 9.59 Å². The van der Waals surface area contributed by atoms with E-state index in [1.165, 1.54) is 6.08 Å². The lowest BCUT2D eigenvalue weighted by Gasteiger charge is -2.18. The van der Waals surface area contributed by atoms with E-state index in [9.17, 15) is 14.7 Å². The van der Waals surface area contributed by atoms with Crippen molar-refractivity contribution in [1.29, 1.82) is 0 Å². The van der Waals surface area contributed by atoms with Crippen LogP contribution in [0.3, 0.4) is 0 Å². The molecule has 0 saturated heterocycles. The first-order valence-electron chi connectivity index (χ1n) is 9.46. The molecule has 5 N–H and O–H groups in total. The molecule has 0 unspecified atom stereocenters. The highest BCUT2D eigenvalue weighted by Crippen LogP contribution is 2.15. The predicted molar refractivity (Wildman–Crippen MR) is 121 cm³/mol. The molecule has 0 saturated carbocycles. The Morgan fingerprint density at radius 3 is 2.31 bits per heavy atom. The Balaban J connectivity index is 1.83. The number of anilines is 2. The molecule has 2 rings (SSSR count). The van der Waals surface area contributed by atoms with Crippen LogP contribution in [0.5, 0.6) is 0 Å². The number of hydrogen-bond acceptors (Lipinski definition) is 5. The number of aliphatic hydroxyl groups is 1. The monoisotopic (exact) mass is 413 g/mol. The Morgan fingerprint density at radius 1 is 1.07 bits per heavy atom. The highest BCUT2D eigenvalue weighted by atomic mass is 32.2. The zero-order chi connectivity index (χ0) is 21.1. The number of nitrogens with one attached hydrogen (secondary N) is 2. The van der Waals surface area contributed by atoms with E-state index in [0.29, 0.717) is 17.8 Å². The van der Waals surface area contributed by atoms with Crippen molar-refractivity contribution in [3.05, 3.63) is 66.2 Å². The third-order valence-corrected chi connectivity index (χ3v) is 5.05. The van der Waals surface area contributed by atoms with E-state index in [-0.39, 0.29) is 5.91 Å². The van der Waals surface area contributed by atoms with E-state index < -0.39 is 18.1 Å². The van der Waals surface area contributed by atoms with Crippen LogP contribution < -0.4 is 16.4 Å². The van der Waals surface area contributed by atoms with Gasteiger partial charge >= 0.3 is 0 Å². The number of nitrogens with two attached hydrogens (primary N) is 1. The summed E-state index contributed by atoms with van der Waals surface area (Å²) in [6.07, 6.45) is 2.48. The van der Waals surface area contributed by atoms with Crippen LogP contribution in [0.1, 0.15) is 18.9 Å². The summed E-state index contributed by atoms with van der Waals surface area (Å²) >= 11 is 1.72. The molecule has 2 atom stereocenters. The number of benzene rings is 2. The summed E-state index contributed by atoms with van der Waals surface area (Å²) in [4.78, 5) is 24.1. The molecule has 0 fully saturated rings. The van der Waals surface area contributed by atoms with Crippen molar-refractivity contribution >= 4 is 41.0 Å². The van der Waals surface area contributed by atoms with Gasteiger partial charge in [0.2, 0.25) is 5.91 Å². The molecule has 0 aromatic heterocycles. The molecular formula is C22H27N3O3S. The van der Waals surface area contributed by atoms with E-state index in [1.807, 2.05) is 37.3 Å². The van der Waals surface area contributed by atoms with Gasteiger partial charge in [-0.25, -0.2) is 0 Å². The second-order valence-corrected chi connectivity index (χ2v) is 7.79. The summed E-state index contributed by atoms with van der Waals surface area (Å²) in [5.41, 5.74) is 7.93. The van der Waals surface area contributed by atoms with Crippen molar-refractivity contribution < 1.29 is 14.7 Å². The number of rotatable bonds is 10. The first-order valence-corrected chi connectivity index (χ1v) is 10.6. The summed E-state index contributed by atoms with van der Waals surface area (Å²) in [5.74, 6) is 0.980. The molecule has 7 heteroatoms. The normalized spacial score (nSPS) is 13.1. The molecule has 0 aliphatic carbocycles. The van der Waals surface area contributed by atoms with E-state index in [4.69, 9.17) is 5.73 Å². The third-order valence-electron chi connectivity index (χ3n) is 4.12. The van der Waals surface area contributed by atoms with Crippen LogP contribution in [0.2, 0.25) is 0 Å². The topological polar surface area (TPSA) is 104 Å². The van der Waals surface area contributed by atoms with Crippen molar-refractivity contribution in [3.8, 4) is 0 Å². The third kappa shape index (κ3) is 8.11. The molecule has 6 nitrogen and oxygen atoms in total. The summed E-state index contributed by atoms with van der Waals surface area (Å²) in [6.45, 7) is 2.05. The molecule has 2 aromatic rings. The average Bonchev–Trinajstić information content (AvgIpc) is 2.74. The SMILES string of the molecule is CCSCC[C@@H](N)[C@H](O)C(=O)Nc1ccc(NC(=O)/C=C/c2ccccc2)cc1. The lowest BCUT2D eigenvalue weighted by molar-refractivity contribution is -0.125. The minimum Gasteiger partial charge on any atom is -0.382 e. The van der Waals surface area contributed by atoms with Gasteiger partial charge in [0.15, 0.2) is 0 Å². The van der Waals surface area contributed by atoms with Crippen LogP contribution in [-0.4, -0.2) is 40.6 Å². The molecule has 0 radical (unpaired) electrons. The maximum Gasteiger partial charge on any atom is 0.254 e. The van der Waals surface area contributed by atoms with Gasteiger partial charge in [0, 0.05) is 23.5 Å². The second kappa shape index (κ2) is 12.1. The fourth-order valence-electron chi connectivity index (χ4n) is 2.49. The van der Waals surface area contributed by atoms with Gasteiger partial charge in [-0.2, -0.15) is 11.8 Å². The van der Waals surface area contributed by atoms with Crippen LogP contribution in [0.4, 0.5) is 11.4 Å². The lowest BCUT2D eigenvalue weighted by atomic mass is 10.1. The summed E-state index contributed by atoms with van der Waals surface area (Å²) < 4.78 is 0. The molecule has 0 aliphatic rings. The van der Waals surface area contributed by atoms with Gasteiger partial charge in [0.05, 0.1) is 0 Å². The zero-order valence-electron chi connectivity index (χ0n) is 16.4. The highest BCUT2D eigenvalue weighted by molar-refractivity contribution is 7.99. The van der Waals surface area contributed by atoms with E-state index in [1.54, 1.807) is 42.1 Å². The molecule has 0 spiro atoms.